The summed E-state index contributed by atoms with van der Waals surface area (Å²) in [4.78, 5) is 12.3. The van der Waals surface area contributed by atoms with Gasteiger partial charge in [-0.15, -0.1) is 11.3 Å². The van der Waals surface area contributed by atoms with Crippen LogP contribution in [0.3, 0.4) is 0 Å². The molecule has 1 heterocycles. The van der Waals surface area contributed by atoms with Crippen molar-refractivity contribution in [2.45, 2.75) is 82.6 Å². The number of ether oxygens (including phenoxy) is 1. The van der Waals surface area contributed by atoms with E-state index in [9.17, 15) is 19.4 Å². The van der Waals surface area contributed by atoms with Gasteiger partial charge in [-0.05, 0) is 57.1 Å². The van der Waals surface area contributed by atoms with E-state index in [0.29, 0.717) is 25.7 Å². The Bertz CT molecular complexity index is 819. The highest BCUT2D eigenvalue weighted by Gasteiger charge is 2.44. The van der Waals surface area contributed by atoms with Crippen LogP contribution in [0.4, 0.5) is 4.39 Å². The smallest absolute Gasteiger partial charge is 0.305 e. The predicted octanol–water partition coefficient (Wildman–Crippen LogP) is 6.05. The van der Waals surface area contributed by atoms with Crippen LogP contribution in [-0.2, 0) is 16.0 Å². The molecule has 0 spiro atoms. The number of aliphatic hydroxyl groups excluding tert-OH is 2. The number of methoxy groups -OCH3 is 1. The number of hydrogen-bond acceptors (Lipinski definition) is 5. The molecule has 0 saturated heterocycles. The van der Waals surface area contributed by atoms with E-state index in [1.807, 2.05) is 36.4 Å². The molecule has 2 saturated carbocycles. The van der Waals surface area contributed by atoms with Crippen LogP contribution in [-0.4, -0.2) is 41.7 Å². The molecule has 2 N–H and O–H groups in total. The minimum atomic E-state index is -1.04. The molecule has 0 bridgehead atoms. The van der Waals surface area contributed by atoms with Crippen LogP contribution in [0.1, 0.15) is 62.7 Å². The highest BCUT2D eigenvalue weighted by atomic mass is 35.5. The lowest BCUT2D eigenvalue weighted by atomic mass is 9.62. The monoisotopic (exact) mass is 498 g/mol. The molecule has 7 heteroatoms. The molecule has 0 aliphatic heterocycles. The molecule has 3 rings (SSSR count). The standard InChI is InChI=1S/C26H36ClFO4S/c1-32-25(31)11-5-3-2-4-8-19-20(22(29)16-21(19)28)9-6-10-23(30)26(14-7-15-26)17-18-12-13-24(27)33-18/h2,4,6,9,12-13,19-23,29-30H,3,5,7-8,10-11,14-17H2,1H3/t19-,20-,21?,22-,23?/m1/s1. The zero-order valence-electron chi connectivity index (χ0n) is 19.3. The van der Waals surface area contributed by atoms with Crippen molar-refractivity contribution in [3.63, 3.8) is 0 Å². The average molecular weight is 499 g/mol. The molecule has 184 valence electrons. The van der Waals surface area contributed by atoms with E-state index in [-0.39, 0.29) is 29.6 Å². The zero-order chi connectivity index (χ0) is 23.8. The Labute approximate surface area is 205 Å². The van der Waals surface area contributed by atoms with Crippen molar-refractivity contribution in [1.29, 1.82) is 0 Å². The van der Waals surface area contributed by atoms with Crippen molar-refractivity contribution in [3.8, 4) is 0 Å². The minimum absolute atomic E-state index is 0.109. The molecule has 0 aromatic carbocycles. The van der Waals surface area contributed by atoms with Gasteiger partial charge in [0.15, 0.2) is 0 Å². The zero-order valence-corrected chi connectivity index (χ0v) is 20.9. The van der Waals surface area contributed by atoms with Gasteiger partial charge in [0, 0.05) is 35.0 Å². The van der Waals surface area contributed by atoms with E-state index >= 15 is 0 Å². The number of unbranched alkanes of at least 4 members (excludes halogenated alkanes) is 1. The van der Waals surface area contributed by atoms with Crippen LogP contribution in [0.15, 0.2) is 36.4 Å². The summed E-state index contributed by atoms with van der Waals surface area (Å²) in [7, 11) is 1.38. The summed E-state index contributed by atoms with van der Waals surface area (Å²) in [5.41, 5.74) is -0.109. The highest BCUT2D eigenvalue weighted by molar-refractivity contribution is 7.16. The summed E-state index contributed by atoms with van der Waals surface area (Å²) in [6.45, 7) is 0. The molecule has 0 radical (unpaired) electrons. The first-order valence-corrected chi connectivity index (χ1v) is 13.2. The molecule has 0 amide bonds. The molecular weight excluding hydrogens is 463 g/mol. The van der Waals surface area contributed by atoms with Crippen LogP contribution in [0, 0.1) is 17.3 Å². The van der Waals surface area contributed by atoms with Crippen LogP contribution >= 0.6 is 22.9 Å². The van der Waals surface area contributed by atoms with Crippen LogP contribution in [0.2, 0.25) is 4.34 Å². The number of carbonyl (C=O) groups excluding carboxylic acids is 1. The Morgan fingerprint density at radius 1 is 1.36 bits per heavy atom. The van der Waals surface area contributed by atoms with E-state index in [1.165, 1.54) is 12.0 Å². The summed E-state index contributed by atoms with van der Waals surface area (Å²) in [6.07, 6.45) is 12.6. The fraction of sp³-hybridized carbons (Fsp3) is 0.654. The molecule has 1 aromatic rings. The second-order valence-electron chi connectivity index (χ2n) is 9.51. The first-order valence-electron chi connectivity index (χ1n) is 12.0. The van der Waals surface area contributed by atoms with Gasteiger partial charge < -0.3 is 14.9 Å². The van der Waals surface area contributed by atoms with Crippen LogP contribution < -0.4 is 0 Å². The molecule has 2 aliphatic carbocycles. The molecule has 1 aromatic heterocycles. The topological polar surface area (TPSA) is 66.8 Å². The molecule has 2 fully saturated rings. The van der Waals surface area contributed by atoms with Crippen molar-refractivity contribution in [2.75, 3.05) is 7.11 Å². The van der Waals surface area contributed by atoms with Gasteiger partial charge in [0.1, 0.15) is 6.17 Å². The number of rotatable bonds is 12. The largest absolute Gasteiger partial charge is 0.469 e. The summed E-state index contributed by atoms with van der Waals surface area (Å²) < 4.78 is 19.9. The second-order valence-corrected chi connectivity index (χ2v) is 11.3. The maximum absolute atomic E-state index is 14.6. The average Bonchev–Trinajstić information content (AvgIpc) is 3.28. The van der Waals surface area contributed by atoms with Gasteiger partial charge in [0.05, 0.1) is 23.7 Å². The fourth-order valence-electron chi connectivity index (χ4n) is 5.17. The van der Waals surface area contributed by atoms with E-state index in [2.05, 4.69) is 4.74 Å². The maximum Gasteiger partial charge on any atom is 0.305 e. The summed E-state index contributed by atoms with van der Waals surface area (Å²) >= 11 is 7.65. The fourth-order valence-corrected chi connectivity index (χ4v) is 6.41. The normalized spacial score (nSPS) is 27.8. The third kappa shape index (κ3) is 7.14. The van der Waals surface area contributed by atoms with Gasteiger partial charge in [-0.25, -0.2) is 4.39 Å². The Morgan fingerprint density at radius 2 is 2.15 bits per heavy atom. The SMILES string of the molecule is COC(=O)CCCC=CC[C@H]1C(F)C[C@@H](O)[C@@H]1C=CCC(O)C1(Cc2ccc(Cl)s2)CCC1. The summed E-state index contributed by atoms with van der Waals surface area (Å²) in [5.74, 6) is -0.738. The van der Waals surface area contributed by atoms with E-state index < -0.39 is 18.4 Å². The second kappa shape index (κ2) is 12.5. The summed E-state index contributed by atoms with van der Waals surface area (Å²) in [5, 5.41) is 21.4. The van der Waals surface area contributed by atoms with Crippen molar-refractivity contribution >= 4 is 28.9 Å². The number of allylic oxidation sites excluding steroid dienone is 2. The van der Waals surface area contributed by atoms with Crippen LogP contribution in [0.25, 0.3) is 0 Å². The Hall–Kier alpha value is -1.21. The Kier molecular flexibility index (Phi) is 9.98. The number of halogens is 2. The molecule has 5 atom stereocenters. The van der Waals surface area contributed by atoms with Crippen molar-refractivity contribution in [2.24, 2.45) is 17.3 Å². The molecule has 2 unspecified atom stereocenters. The molecule has 4 nitrogen and oxygen atoms in total. The number of thiophene rings is 1. The van der Waals surface area contributed by atoms with Gasteiger partial charge in [-0.3, -0.25) is 4.79 Å². The Morgan fingerprint density at radius 3 is 2.79 bits per heavy atom. The van der Waals surface area contributed by atoms with Crippen molar-refractivity contribution in [1.82, 2.24) is 0 Å². The number of carbonyl (C=O) groups is 1. The third-order valence-corrected chi connectivity index (χ3v) is 8.58. The Balaban J connectivity index is 1.50. The lowest BCUT2D eigenvalue weighted by Gasteiger charge is -2.45. The number of aliphatic hydroxyl groups is 2. The molecule has 33 heavy (non-hydrogen) atoms. The van der Waals surface area contributed by atoms with Gasteiger partial charge in [0.2, 0.25) is 0 Å². The quantitative estimate of drug-likeness (QED) is 0.209. The van der Waals surface area contributed by atoms with Gasteiger partial charge in [-0.1, -0.05) is 42.3 Å². The lowest BCUT2D eigenvalue weighted by Crippen LogP contribution is -2.42. The van der Waals surface area contributed by atoms with Gasteiger partial charge in [-0.2, -0.15) is 0 Å². The summed E-state index contributed by atoms with van der Waals surface area (Å²) in [6, 6.07) is 3.95. The number of esters is 1. The van der Waals surface area contributed by atoms with E-state index in [0.717, 1.165) is 36.4 Å². The van der Waals surface area contributed by atoms with E-state index in [4.69, 9.17) is 11.6 Å². The molecule has 2 aliphatic rings. The lowest BCUT2D eigenvalue weighted by molar-refractivity contribution is -0.140. The van der Waals surface area contributed by atoms with Gasteiger partial charge >= 0.3 is 5.97 Å². The third-order valence-electron chi connectivity index (χ3n) is 7.35. The first kappa shape index (κ1) is 26.4. The number of alkyl halides is 1. The number of hydrogen-bond donors (Lipinski definition) is 2. The highest BCUT2D eigenvalue weighted by Crippen LogP contribution is 2.48. The van der Waals surface area contributed by atoms with Crippen molar-refractivity contribution < 1.29 is 24.1 Å². The maximum atomic E-state index is 14.6. The first-order chi connectivity index (χ1) is 15.8. The minimum Gasteiger partial charge on any atom is -0.469 e. The van der Waals surface area contributed by atoms with Crippen LogP contribution in [0.5, 0.6) is 0 Å². The molecular formula is C26H36ClFO4S. The van der Waals surface area contributed by atoms with Crippen molar-refractivity contribution in [3.05, 3.63) is 45.7 Å². The predicted molar refractivity (Wildman–Crippen MR) is 131 cm³/mol. The van der Waals surface area contributed by atoms with E-state index in [1.54, 1.807) is 11.3 Å². The van der Waals surface area contributed by atoms with Gasteiger partial charge in [0.25, 0.3) is 0 Å².